The monoisotopic (exact) mass is 1000 g/mol. The summed E-state index contributed by atoms with van der Waals surface area (Å²) in [6.07, 6.45) is 8.31. The Hall–Kier alpha value is -9.44. The van der Waals surface area contributed by atoms with Crippen molar-refractivity contribution in [3.8, 4) is 72.6 Å². The molecule has 1 aromatic heterocycles. The predicted octanol–water partition coefficient (Wildman–Crippen LogP) is 19.0. The van der Waals surface area contributed by atoms with Crippen LogP contribution in [0.4, 0.5) is 34.1 Å². The predicted molar refractivity (Wildman–Crippen MR) is 304 cm³/mol. The van der Waals surface area contributed by atoms with Crippen molar-refractivity contribution in [3.05, 3.63) is 261 Å². The summed E-state index contributed by atoms with van der Waals surface area (Å²) in [4.78, 5) is 6.35. The molecular formula is C66H52N2O6S. The number of anilines is 6. The van der Waals surface area contributed by atoms with Gasteiger partial charge in [-0.3, -0.25) is 0 Å². The first-order chi connectivity index (χ1) is 37.0. The molecule has 0 saturated heterocycles. The van der Waals surface area contributed by atoms with Gasteiger partial charge in [-0.15, -0.1) is 11.3 Å². The van der Waals surface area contributed by atoms with E-state index in [9.17, 15) is 0 Å². The third-order valence-electron chi connectivity index (χ3n) is 12.5. The first kappa shape index (κ1) is 47.9. The van der Waals surface area contributed by atoms with E-state index < -0.39 is 0 Å². The molecule has 9 aromatic carbocycles. The lowest BCUT2D eigenvalue weighted by Crippen LogP contribution is -2.09. The highest BCUT2D eigenvalue weighted by Crippen LogP contribution is 2.53. The van der Waals surface area contributed by atoms with Gasteiger partial charge in [-0.2, -0.15) is 0 Å². The fourth-order valence-corrected chi connectivity index (χ4v) is 10.1. The quantitative estimate of drug-likeness (QED) is 0.0843. The minimum Gasteiger partial charge on any atom is -0.491 e. The first-order valence-electron chi connectivity index (χ1n) is 24.7. The van der Waals surface area contributed by atoms with Gasteiger partial charge >= 0.3 is 0 Å². The zero-order chi connectivity index (χ0) is 50.8. The van der Waals surface area contributed by atoms with Crippen LogP contribution in [0, 0.1) is 0 Å². The molecule has 368 valence electrons. The molecule has 0 atom stereocenters. The molecule has 75 heavy (non-hydrogen) atoms. The number of methoxy groups -OCH3 is 2. The number of thiophene rings is 1. The van der Waals surface area contributed by atoms with E-state index in [0.29, 0.717) is 11.5 Å². The number of allylic oxidation sites excluding steroid dienone is 3. The normalized spacial score (nSPS) is 11.8. The molecule has 0 N–H and O–H groups in total. The number of benzene rings is 9. The van der Waals surface area contributed by atoms with Gasteiger partial charge in [0.25, 0.3) is 0 Å². The lowest BCUT2D eigenvalue weighted by Gasteiger charge is -2.26. The first-order valence-corrected chi connectivity index (χ1v) is 25.6. The molecule has 0 radical (unpaired) electrons. The van der Waals surface area contributed by atoms with Crippen molar-refractivity contribution in [1.82, 2.24) is 0 Å². The van der Waals surface area contributed by atoms with Gasteiger partial charge in [-0.1, -0.05) is 84.9 Å². The minimum absolute atomic E-state index is 0.676. The maximum absolute atomic E-state index is 6.21. The van der Waals surface area contributed by atoms with Crippen molar-refractivity contribution in [2.24, 2.45) is 0 Å². The van der Waals surface area contributed by atoms with Gasteiger partial charge in [0, 0.05) is 34.1 Å². The second-order valence-electron chi connectivity index (χ2n) is 17.5. The van der Waals surface area contributed by atoms with Gasteiger partial charge in [0.15, 0.2) is 11.5 Å². The van der Waals surface area contributed by atoms with Crippen molar-refractivity contribution >= 4 is 45.5 Å². The molecule has 0 unspecified atom stereocenters. The van der Waals surface area contributed by atoms with Crippen LogP contribution in [0.5, 0.6) is 51.7 Å². The topological polar surface area (TPSA) is 61.9 Å². The van der Waals surface area contributed by atoms with Crippen LogP contribution in [0.2, 0.25) is 0 Å². The fraction of sp³-hybridized carbons (Fsp3) is 0.0606. The van der Waals surface area contributed by atoms with E-state index in [-0.39, 0.29) is 0 Å². The number of hydrogen-bond acceptors (Lipinski definition) is 9. The van der Waals surface area contributed by atoms with Crippen LogP contribution >= 0.6 is 11.3 Å². The SMILES string of the molecule is COc1c(-c2ccc(N(c3ccc(OC4=CCCC=C4)cc3)c3ccc(Oc4ccccc4)cc3)cc2)sc(-c2ccc(N(c3ccc(Oc4ccccc4)cc3)c3ccc(Oc4ccccc4)cc3)cc2)c1OC. The number of para-hydroxylation sites is 3. The van der Waals surface area contributed by atoms with Crippen molar-refractivity contribution in [3.63, 3.8) is 0 Å². The summed E-state index contributed by atoms with van der Waals surface area (Å²) in [5.74, 6) is 7.57. The molecule has 0 spiro atoms. The molecule has 0 bridgehead atoms. The maximum Gasteiger partial charge on any atom is 0.180 e. The Bertz CT molecular complexity index is 3430. The van der Waals surface area contributed by atoms with Crippen LogP contribution in [-0.4, -0.2) is 14.2 Å². The summed E-state index contributed by atoms with van der Waals surface area (Å²) in [7, 11) is 3.39. The van der Waals surface area contributed by atoms with Crippen molar-refractivity contribution in [1.29, 1.82) is 0 Å². The summed E-state index contributed by atoms with van der Waals surface area (Å²) >= 11 is 1.64. The Morgan fingerprint density at radius 1 is 0.320 bits per heavy atom. The largest absolute Gasteiger partial charge is 0.491 e. The maximum atomic E-state index is 6.21. The molecule has 0 aliphatic heterocycles. The van der Waals surface area contributed by atoms with Crippen molar-refractivity contribution < 1.29 is 28.4 Å². The fourth-order valence-electron chi connectivity index (χ4n) is 8.90. The van der Waals surface area contributed by atoms with Crippen LogP contribution in [0.25, 0.3) is 20.9 Å². The highest BCUT2D eigenvalue weighted by Gasteiger charge is 2.24. The van der Waals surface area contributed by atoms with Gasteiger partial charge in [0.1, 0.15) is 46.0 Å². The second kappa shape index (κ2) is 22.5. The molecule has 9 heteroatoms. The molecule has 0 fully saturated rings. The minimum atomic E-state index is 0.676. The summed E-state index contributed by atoms with van der Waals surface area (Å²) in [6.45, 7) is 0. The van der Waals surface area contributed by atoms with Crippen molar-refractivity contribution in [2.75, 3.05) is 24.0 Å². The molecule has 0 amide bonds. The second-order valence-corrected chi connectivity index (χ2v) is 18.5. The number of rotatable bonds is 18. The zero-order valence-corrected chi connectivity index (χ0v) is 42.2. The molecule has 1 aliphatic carbocycles. The Morgan fingerprint density at radius 2 is 0.613 bits per heavy atom. The van der Waals surface area contributed by atoms with Gasteiger partial charge in [-0.05, 0) is 194 Å². The van der Waals surface area contributed by atoms with Crippen LogP contribution < -0.4 is 38.2 Å². The molecular weight excluding hydrogens is 949 g/mol. The summed E-state index contributed by atoms with van der Waals surface area (Å²) < 4.78 is 37.0. The highest BCUT2D eigenvalue weighted by molar-refractivity contribution is 7.19. The summed E-state index contributed by atoms with van der Waals surface area (Å²) in [5, 5.41) is 0. The van der Waals surface area contributed by atoms with E-state index in [1.165, 1.54) is 0 Å². The van der Waals surface area contributed by atoms with E-state index in [1.807, 2.05) is 146 Å². The van der Waals surface area contributed by atoms with E-state index >= 15 is 0 Å². The highest BCUT2D eigenvalue weighted by atomic mass is 32.1. The van der Waals surface area contributed by atoms with E-state index in [1.54, 1.807) is 25.6 Å². The molecule has 0 saturated carbocycles. The number of hydrogen-bond donors (Lipinski definition) is 0. The summed E-state index contributed by atoms with van der Waals surface area (Å²) in [5.41, 5.74) is 7.80. The lowest BCUT2D eigenvalue weighted by molar-refractivity contribution is 0.360. The standard InChI is InChI=1S/C66H52N2O6S/c1-69-63-64(70-2)66(48-25-29-50(30-26-48)68(53-35-43-61(44-36-53)73-57-19-11-5-12-20-57)54-37-45-62(46-38-54)74-58-21-13-6-14-22-58)75-65(63)47-23-27-49(28-24-47)67(51-31-39-59(40-32-51)71-55-15-7-3-8-16-55)52-33-41-60(42-34-52)72-56-17-9-4-10-18-56/h3-5,7-13,15-46H,6,14H2,1-2H3. The van der Waals surface area contributed by atoms with Crippen LogP contribution in [0.15, 0.2) is 261 Å². The summed E-state index contributed by atoms with van der Waals surface area (Å²) in [6, 6.07) is 79.1. The Balaban J connectivity index is 0.889. The third kappa shape index (κ3) is 11.1. The molecule has 8 nitrogen and oxygen atoms in total. The number of nitrogens with zero attached hydrogens (tertiary/aromatic N) is 2. The van der Waals surface area contributed by atoms with Gasteiger partial charge in [-0.25, -0.2) is 0 Å². The molecule has 11 rings (SSSR count). The van der Waals surface area contributed by atoms with Crippen LogP contribution in [-0.2, 0) is 0 Å². The molecule has 1 heterocycles. The third-order valence-corrected chi connectivity index (χ3v) is 13.8. The van der Waals surface area contributed by atoms with Gasteiger partial charge in [0.2, 0.25) is 0 Å². The Labute approximate surface area is 441 Å². The van der Waals surface area contributed by atoms with Crippen LogP contribution in [0.1, 0.15) is 12.8 Å². The number of ether oxygens (including phenoxy) is 6. The zero-order valence-electron chi connectivity index (χ0n) is 41.4. The average Bonchev–Trinajstić information content (AvgIpc) is 3.86. The Kier molecular flexibility index (Phi) is 14.4. The van der Waals surface area contributed by atoms with E-state index in [0.717, 1.165) is 114 Å². The van der Waals surface area contributed by atoms with Gasteiger partial charge in [0.05, 0.1) is 24.0 Å². The van der Waals surface area contributed by atoms with Crippen molar-refractivity contribution in [2.45, 2.75) is 12.8 Å². The average molecular weight is 1000 g/mol. The van der Waals surface area contributed by atoms with E-state index in [4.69, 9.17) is 28.4 Å². The smallest absolute Gasteiger partial charge is 0.180 e. The van der Waals surface area contributed by atoms with E-state index in [2.05, 4.69) is 119 Å². The molecule has 1 aliphatic rings. The van der Waals surface area contributed by atoms with Gasteiger partial charge < -0.3 is 38.2 Å². The van der Waals surface area contributed by atoms with Crippen LogP contribution in [0.3, 0.4) is 0 Å². The Morgan fingerprint density at radius 3 is 0.907 bits per heavy atom. The molecule has 10 aromatic rings. The lowest BCUT2D eigenvalue weighted by atomic mass is 10.1.